The molecule has 108 valence electrons. The third-order valence-corrected chi connectivity index (χ3v) is 3.76. The predicted molar refractivity (Wildman–Crippen MR) is 85.7 cm³/mol. The van der Waals surface area contributed by atoms with E-state index in [1.807, 2.05) is 55.5 Å². The maximum absolute atomic E-state index is 9.35. The highest BCUT2D eigenvalue weighted by atomic mass is 35.5. The highest BCUT2D eigenvalue weighted by molar-refractivity contribution is 6.32. The van der Waals surface area contributed by atoms with E-state index in [4.69, 9.17) is 16.3 Å². The first kappa shape index (κ1) is 15.4. The van der Waals surface area contributed by atoms with Crippen LogP contribution in [0.15, 0.2) is 48.5 Å². The van der Waals surface area contributed by atoms with E-state index in [2.05, 4.69) is 6.07 Å². The van der Waals surface area contributed by atoms with E-state index in [1.165, 1.54) is 0 Å². The van der Waals surface area contributed by atoms with Crippen molar-refractivity contribution < 1.29 is 4.74 Å². The Morgan fingerprint density at radius 3 is 2.57 bits per heavy atom. The lowest BCUT2D eigenvalue weighted by Crippen LogP contribution is -2.03. The van der Waals surface area contributed by atoms with Crippen LogP contribution in [-0.2, 0) is 0 Å². The second-order valence-corrected chi connectivity index (χ2v) is 5.37. The number of ether oxygens (including phenoxy) is 1. The van der Waals surface area contributed by atoms with Crippen molar-refractivity contribution in [2.24, 2.45) is 0 Å². The molecule has 0 saturated heterocycles. The summed E-state index contributed by atoms with van der Waals surface area (Å²) in [4.78, 5) is 0. The average Bonchev–Trinajstić information content (AvgIpc) is 2.50. The molecule has 1 unspecified atom stereocenters. The fraction of sp³-hybridized carbons (Fsp3) is 0.278. The molecule has 0 amide bonds. The number of hydrogen-bond donors (Lipinski definition) is 0. The first-order chi connectivity index (χ1) is 10.2. The van der Waals surface area contributed by atoms with Crippen molar-refractivity contribution in [3.05, 3.63) is 64.7 Å². The lowest BCUT2D eigenvalue weighted by molar-refractivity contribution is 0.305. The molecule has 0 spiro atoms. The van der Waals surface area contributed by atoms with E-state index in [0.29, 0.717) is 17.4 Å². The van der Waals surface area contributed by atoms with Crippen molar-refractivity contribution in [2.45, 2.75) is 25.7 Å². The smallest absolute Gasteiger partial charge is 0.137 e. The minimum Gasteiger partial charge on any atom is -0.492 e. The molecule has 0 saturated carbocycles. The molecular formula is C18H18ClNO. The largest absolute Gasteiger partial charge is 0.492 e. The molecule has 0 aliphatic carbocycles. The SMILES string of the molecule is Cc1ccccc1C(C#N)CCCOc1ccccc1Cl. The van der Waals surface area contributed by atoms with E-state index in [-0.39, 0.29) is 5.92 Å². The van der Waals surface area contributed by atoms with E-state index < -0.39 is 0 Å². The van der Waals surface area contributed by atoms with Crippen LogP contribution >= 0.6 is 11.6 Å². The van der Waals surface area contributed by atoms with Gasteiger partial charge in [-0.2, -0.15) is 5.26 Å². The molecule has 0 aliphatic rings. The summed E-state index contributed by atoms with van der Waals surface area (Å²) in [5.74, 6) is 0.615. The van der Waals surface area contributed by atoms with E-state index in [9.17, 15) is 5.26 Å². The van der Waals surface area contributed by atoms with Gasteiger partial charge in [-0.25, -0.2) is 0 Å². The number of halogens is 1. The normalized spacial score (nSPS) is 11.7. The van der Waals surface area contributed by atoms with Gasteiger partial charge < -0.3 is 4.74 Å². The van der Waals surface area contributed by atoms with Gasteiger partial charge in [0.1, 0.15) is 5.75 Å². The molecule has 2 nitrogen and oxygen atoms in total. The topological polar surface area (TPSA) is 33.0 Å². The van der Waals surface area contributed by atoms with E-state index in [0.717, 1.165) is 24.0 Å². The van der Waals surface area contributed by atoms with Crippen molar-refractivity contribution in [3.63, 3.8) is 0 Å². The maximum Gasteiger partial charge on any atom is 0.137 e. The monoisotopic (exact) mass is 299 g/mol. The summed E-state index contributed by atoms with van der Waals surface area (Å²) < 4.78 is 5.66. The summed E-state index contributed by atoms with van der Waals surface area (Å²) in [6.45, 7) is 2.60. The fourth-order valence-electron chi connectivity index (χ4n) is 2.30. The molecule has 3 heteroatoms. The number of benzene rings is 2. The zero-order valence-corrected chi connectivity index (χ0v) is 12.8. The molecule has 2 aromatic rings. The van der Waals surface area contributed by atoms with Gasteiger partial charge in [0, 0.05) is 0 Å². The van der Waals surface area contributed by atoms with Crippen LogP contribution in [0.5, 0.6) is 5.75 Å². The number of nitriles is 1. The first-order valence-corrected chi connectivity index (χ1v) is 7.42. The van der Waals surface area contributed by atoms with Crippen LogP contribution in [0.2, 0.25) is 5.02 Å². The van der Waals surface area contributed by atoms with Gasteiger partial charge in [-0.1, -0.05) is 48.0 Å². The summed E-state index contributed by atoms with van der Waals surface area (Å²) >= 11 is 6.03. The minimum atomic E-state index is -0.0824. The number of hydrogen-bond acceptors (Lipinski definition) is 2. The van der Waals surface area contributed by atoms with Crippen molar-refractivity contribution in [1.29, 1.82) is 5.26 Å². The molecule has 2 rings (SSSR count). The first-order valence-electron chi connectivity index (χ1n) is 7.05. The maximum atomic E-state index is 9.35. The summed E-state index contributed by atoms with van der Waals surface area (Å²) in [6, 6.07) is 17.9. The summed E-state index contributed by atoms with van der Waals surface area (Å²) in [5.41, 5.74) is 2.27. The summed E-state index contributed by atoms with van der Waals surface area (Å²) in [5, 5.41) is 9.97. The zero-order chi connectivity index (χ0) is 15.1. The summed E-state index contributed by atoms with van der Waals surface area (Å²) in [7, 11) is 0. The zero-order valence-electron chi connectivity index (χ0n) is 12.1. The Hall–Kier alpha value is -1.98. The van der Waals surface area contributed by atoms with Crippen LogP contribution in [0.4, 0.5) is 0 Å². The number of aryl methyl sites for hydroxylation is 1. The van der Waals surface area contributed by atoms with E-state index in [1.54, 1.807) is 0 Å². The molecule has 0 aromatic heterocycles. The van der Waals surface area contributed by atoms with Gasteiger partial charge >= 0.3 is 0 Å². The molecule has 0 aliphatic heterocycles. The Bertz CT molecular complexity index is 633. The Kier molecular flexibility index (Phi) is 5.66. The second kappa shape index (κ2) is 7.71. The lowest BCUT2D eigenvalue weighted by Gasteiger charge is -2.13. The van der Waals surface area contributed by atoms with Crippen LogP contribution in [-0.4, -0.2) is 6.61 Å². The minimum absolute atomic E-state index is 0.0824. The van der Waals surface area contributed by atoms with Gasteiger partial charge in [0.2, 0.25) is 0 Å². The molecule has 0 radical (unpaired) electrons. The number of para-hydroxylation sites is 1. The quantitative estimate of drug-likeness (QED) is 0.694. The van der Waals surface area contributed by atoms with Gasteiger partial charge in [-0.3, -0.25) is 0 Å². The van der Waals surface area contributed by atoms with Crippen molar-refractivity contribution in [3.8, 4) is 11.8 Å². The predicted octanol–water partition coefficient (Wildman–Crippen LogP) is 5.11. The van der Waals surface area contributed by atoms with Crippen LogP contribution in [0.25, 0.3) is 0 Å². The Morgan fingerprint density at radius 2 is 1.86 bits per heavy atom. The fourth-order valence-corrected chi connectivity index (χ4v) is 2.49. The highest BCUT2D eigenvalue weighted by Crippen LogP contribution is 2.25. The lowest BCUT2D eigenvalue weighted by atomic mass is 9.92. The van der Waals surface area contributed by atoms with Crippen molar-refractivity contribution in [1.82, 2.24) is 0 Å². The molecule has 1 atom stereocenters. The van der Waals surface area contributed by atoms with E-state index >= 15 is 0 Å². The number of rotatable bonds is 6. The van der Waals surface area contributed by atoms with Crippen molar-refractivity contribution >= 4 is 11.6 Å². The molecule has 0 bridgehead atoms. The molecule has 0 heterocycles. The molecule has 2 aromatic carbocycles. The average molecular weight is 300 g/mol. The molecule has 21 heavy (non-hydrogen) atoms. The standard InChI is InChI=1S/C18H18ClNO/c1-14-7-2-3-9-16(14)15(13-20)8-6-12-21-18-11-5-4-10-17(18)19/h2-5,7,9-11,15H,6,8,12H2,1H3. The third-order valence-electron chi connectivity index (χ3n) is 3.45. The third kappa shape index (κ3) is 4.24. The summed E-state index contributed by atoms with van der Waals surface area (Å²) in [6.07, 6.45) is 1.60. The van der Waals surface area contributed by atoms with Crippen LogP contribution in [0, 0.1) is 18.3 Å². The van der Waals surface area contributed by atoms with Gasteiger partial charge in [-0.05, 0) is 43.0 Å². The van der Waals surface area contributed by atoms with Crippen LogP contribution < -0.4 is 4.74 Å². The van der Waals surface area contributed by atoms with Gasteiger partial charge in [-0.15, -0.1) is 0 Å². The van der Waals surface area contributed by atoms with Gasteiger partial charge in [0.15, 0.2) is 0 Å². The second-order valence-electron chi connectivity index (χ2n) is 4.96. The van der Waals surface area contributed by atoms with Crippen LogP contribution in [0.3, 0.4) is 0 Å². The molecule has 0 N–H and O–H groups in total. The Balaban J connectivity index is 1.86. The molecular weight excluding hydrogens is 282 g/mol. The highest BCUT2D eigenvalue weighted by Gasteiger charge is 2.12. The van der Waals surface area contributed by atoms with Gasteiger partial charge in [0.05, 0.1) is 23.6 Å². The Morgan fingerprint density at radius 1 is 1.14 bits per heavy atom. The Labute approximate surface area is 130 Å². The van der Waals surface area contributed by atoms with Crippen molar-refractivity contribution in [2.75, 3.05) is 6.61 Å². The number of nitrogens with zero attached hydrogens (tertiary/aromatic N) is 1. The van der Waals surface area contributed by atoms with Crippen LogP contribution in [0.1, 0.15) is 29.9 Å². The molecule has 0 fully saturated rings. The van der Waals surface area contributed by atoms with Gasteiger partial charge in [0.25, 0.3) is 0 Å².